The highest BCUT2D eigenvalue weighted by Crippen LogP contribution is 2.23. The lowest BCUT2D eigenvalue weighted by Gasteiger charge is -2.36. The van der Waals surface area contributed by atoms with Crippen LogP contribution in [0.3, 0.4) is 0 Å². The summed E-state index contributed by atoms with van der Waals surface area (Å²) in [6, 6.07) is 8.99. The number of hydrogen-bond acceptors (Lipinski definition) is 5. The Morgan fingerprint density at radius 3 is 2.55 bits per heavy atom. The van der Waals surface area contributed by atoms with Gasteiger partial charge in [0.1, 0.15) is 23.0 Å². The molecular formula is C16H19FN4S. The maximum Gasteiger partial charge on any atom is 0.146 e. The van der Waals surface area contributed by atoms with Gasteiger partial charge in [-0.25, -0.2) is 14.4 Å². The van der Waals surface area contributed by atoms with Crippen LogP contribution in [0.5, 0.6) is 0 Å². The molecule has 1 saturated heterocycles. The number of aromatic nitrogens is 2. The predicted octanol–water partition coefficient (Wildman–Crippen LogP) is 3.05. The van der Waals surface area contributed by atoms with Crippen molar-refractivity contribution in [3.05, 3.63) is 42.5 Å². The molecule has 0 spiro atoms. The van der Waals surface area contributed by atoms with Gasteiger partial charge in [-0.15, -0.1) is 11.8 Å². The summed E-state index contributed by atoms with van der Waals surface area (Å²) < 4.78 is 13.9. The van der Waals surface area contributed by atoms with Gasteiger partial charge in [-0.1, -0.05) is 19.1 Å². The molecule has 0 saturated carbocycles. The number of rotatable bonds is 4. The van der Waals surface area contributed by atoms with E-state index < -0.39 is 0 Å². The van der Waals surface area contributed by atoms with Crippen LogP contribution in [0, 0.1) is 5.82 Å². The van der Waals surface area contributed by atoms with Gasteiger partial charge < -0.3 is 9.80 Å². The molecule has 0 bridgehead atoms. The number of thioether (sulfide) groups is 1. The van der Waals surface area contributed by atoms with Crippen LogP contribution in [-0.2, 0) is 0 Å². The molecule has 3 rings (SSSR count). The van der Waals surface area contributed by atoms with Gasteiger partial charge in [0.15, 0.2) is 0 Å². The lowest BCUT2D eigenvalue weighted by Crippen LogP contribution is -2.47. The van der Waals surface area contributed by atoms with E-state index in [2.05, 4.69) is 26.7 Å². The van der Waals surface area contributed by atoms with Gasteiger partial charge in [0.05, 0.1) is 5.69 Å². The van der Waals surface area contributed by atoms with E-state index in [1.807, 2.05) is 18.2 Å². The molecule has 0 radical (unpaired) electrons. The van der Waals surface area contributed by atoms with Crippen LogP contribution in [0.4, 0.5) is 15.9 Å². The first-order valence-corrected chi connectivity index (χ1v) is 8.45. The van der Waals surface area contributed by atoms with E-state index in [4.69, 9.17) is 0 Å². The summed E-state index contributed by atoms with van der Waals surface area (Å²) in [5, 5.41) is 1.00. The van der Waals surface area contributed by atoms with E-state index in [1.165, 1.54) is 6.07 Å². The number of nitrogens with zero attached hydrogens (tertiary/aromatic N) is 4. The summed E-state index contributed by atoms with van der Waals surface area (Å²) in [6.07, 6.45) is 1.62. The van der Waals surface area contributed by atoms with Crippen molar-refractivity contribution in [2.24, 2.45) is 0 Å². The zero-order chi connectivity index (χ0) is 15.4. The lowest BCUT2D eigenvalue weighted by molar-refractivity contribution is 0.595. The van der Waals surface area contributed by atoms with E-state index in [1.54, 1.807) is 24.2 Å². The maximum atomic E-state index is 13.9. The molecule has 1 aromatic carbocycles. The van der Waals surface area contributed by atoms with Crippen molar-refractivity contribution in [3.8, 4) is 0 Å². The third-order valence-electron chi connectivity index (χ3n) is 3.72. The van der Waals surface area contributed by atoms with Crippen LogP contribution >= 0.6 is 11.8 Å². The van der Waals surface area contributed by atoms with Crippen LogP contribution in [0.25, 0.3) is 0 Å². The highest BCUT2D eigenvalue weighted by molar-refractivity contribution is 7.99. The molecule has 2 aromatic rings. The Hall–Kier alpha value is -1.82. The summed E-state index contributed by atoms with van der Waals surface area (Å²) >= 11 is 1.72. The van der Waals surface area contributed by atoms with Crippen molar-refractivity contribution >= 4 is 23.3 Å². The average Bonchev–Trinajstić information content (AvgIpc) is 2.56. The van der Waals surface area contributed by atoms with Crippen LogP contribution in [-0.4, -0.2) is 41.9 Å². The van der Waals surface area contributed by atoms with Crippen LogP contribution in [0.1, 0.15) is 6.92 Å². The highest BCUT2D eigenvalue weighted by Gasteiger charge is 2.20. The summed E-state index contributed by atoms with van der Waals surface area (Å²) in [5.41, 5.74) is 0.687. The van der Waals surface area contributed by atoms with Crippen LogP contribution < -0.4 is 9.80 Å². The Labute approximate surface area is 134 Å². The summed E-state index contributed by atoms with van der Waals surface area (Å²) in [5.74, 6) is 1.80. The minimum atomic E-state index is -0.153. The molecule has 116 valence electrons. The third-order valence-corrected chi connectivity index (χ3v) is 4.52. The molecular weight excluding hydrogens is 299 g/mol. The first kappa shape index (κ1) is 15.1. The fourth-order valence-electron chi connectivity index (χ4n) is 2.61. The van der Waals surface area contributed by atoms with Gasteiger partial charge in [-0.2, -0.15) is 0 Å². The number of hydrogen-bond donors (Lipinski definition) is 0. The molecule has 1 aliphatic rings. The van der Waals surface area contributed by atoms with E-state index >= 15 is 0 Å². The Bertz CT molecular complexity index is 629. The van der Waals surface area contributed by atoms with Crippen molar-refractivity contribution in [2.75, 3.05) is 41.7 Å². The van der Waals surface area contributed by atoms with E-state index in [0.29, 0.717) is 5.69 Å². The smallest absolute Gasteiger partial charge is 0.146 e. The summed E-state index contributed by atoms with van der Waals surface area (Å²) in [6.45, 7) is 5.37. The van der Waals surface area contributed by atoms with Gasteiger partial charge >= 0.3 is 0 Å². The van der Waals surface area contributed by atoms with Gasteiger partial charge in [-0.05, 0) is 17.9 Å². The van der Waals surface area contributed by atoms with Crippen LogP contribution in [0.2, 0.25) is 0 Å². The molecule has 1 aromatic heterocycles. The summed E-state index contributed by atoms with van der Waals surface area (Å²) in [4.78, 5) is 13.0. The third kappa shape index (κ3) is 3.32. The second kappa shape index (κ2) is 6.96. The lowest BCUT2D eigenvalue weighted by atomic mass is 10.2. The molecule has 0 atom stereocenters. The Morgan fingerprint density at radius 2 is 1.82 bits per heavy atom. The van der Waals surface area contributed by atoms with Crippen molar-refractivity contribution in [2.45, 2.75) is 11.9 Å². The van der Waals surface area contributed by atoms with E-state index in [-0.39, 0.29) is 5.82 Å². The standard InChI is InChI=1S/C16H19FN4S/c1-2-22-16-11-15(18-12-19-16)21-9-7-20(8-10-21)14-6-4-3-5-13(14)17/h3-6,11-12H,2,7-10H2,1H3. The number of para-hydroxylation sites is 1. The predicted molar refractivity (Wildman–Crippen MR) is 89.3 cm³/mol. The van der Waals surface area contributed by atoms with Crippen LogP contribution in [0.15, 0.2) is 41.7 Å². The molecule has 0 aliphatic carbocycles. The van der Waals surface area contributed by atoms with Crippen molar-refractivity contribution in [3.63, 3.8) is 0 Å². The van der Waals surface area contributed by atoms with E-state index in [9.17, 15) is 4.39 Å². The maximum absolute atomic E-state index is 13.9. The zero-order valence-electron chi connectivity index (χ0n) is 12.6. The Balaban J connectivity index is 1.67. The van der Waals surface area contributed by atoms with Gasteiger partial charge in [0.2, 0.25) is 0 Å². The van der Waals surface area contributed by atoms with E-state index in [0.717, 1.165) is 42.8 Å². The monoisotopic (exact) mass is 318 g/mol. The molecule has 0 N–H and O–H groups in total. The number of halogens is 1. The summed E-state index contributed by atoms with van der Waals surface area (Å²) in [7, 11) is 0. The molecule has 2 heterocycles. The molecule has 1 fully saturated rings. The Morgan fingerprint density at radius 1 is 1.09 bits per heavy atom. The van der Waals surface area contributed by atoms with Gasteiger partial charge in [0, 0.05) is 32.2 Å². The largest absolute Gasteiger partial charge is 0.366 e. The second-order valence-corrected chi connectivity index (χ2v) is 6.36. The minimum absolute atomic E-state index is 0.153. The van der Waals surface area contributed by atoms with Crippen molar-refractivity contribution < 1.29 is 4.39 Å². The zero-order valence-corrected chi connectivity index (χ0v) is 13.4. The normalized spacial score (nSPS) is 15.2. The first-order valence-electron chi connectivity index (χ1n) is 7.47. The fourth-order valence-corrected chi connectivity index (χ4v) is 3.22. The Kier molecular flexibility index (Phi) is 4.77. The molecule has 22 heavy (non-hydrogen) atoms. The van der Waals surface area contributed by atoms with Crippen molar-refractivity contribution in [1.29, 1.82) is 0 Å². The first-order chi connectivity index (χ1) is 10.8. The molecule has 0 unspecified atom stereocenters. The highest BCUT2D eigenvalue weighted by atomic mass is 32.2. The molecule has 6 heteroatoms. The number of piperazine rings is 1. The minimum Gasteiger partial charge on any atom is -0.366 e. The number of benzene rings is 1. The molecule has 1 aliphatic heterocycles. The molecule has 0 amide bonds. The quantitative estimate of drug-likeness (QED) is 0.639. The topological polar surface area (TPSA) is 32.3 Å². The SMILES string of the molecule is CCSc1cc(N2CCN(c3ccccc3F)CC2)ncn1. The van der Waals surface area contributed by atoms with Gasteiger partial charge in [0.25, 0.3) is 0 Å². The molecule has 4 nitrogen and oxygen atoms in total. The number of anilines is 2. The average molecular weight is 318 g/mol. The second-order valence-electron chi connectivity index (χ2n) is 5.07. The fraction of sp³-hybridized carbons (Fsp3) is 0.375. The van der Waals surface area contributed by atoms with Crippen molar-refractivity contribution in [1.82, 2.24) is 9.97 Å². The van der Waals surface area contributed by atoms with Gasteiger partial charge in [-0.3, -0.25) is 0 Å².